The molecule has 2 heterocycles. The summed E-state index contributed by atoms with van der Waals surface area (Å²) in [5, 5.41) is 8.72. The third kappa shape index (κ3) is 4.02. The van der Waals surface area contributed by atoms with Gasteiger partial charge in [0.25, 0.3) is 5.56 Å². The van der Waals surface area contributed by atoms with Gasteiger partial charge in [-0.25, -0.2) is 4.68 Å². The van der Waals surface area contributed by atoms with Crippen LogP contribution >= 0.6 is 11.6 Å². The fourth-order valence-corrected chi connectivity index (χ4v) is 3.61. The van der Waals surface area contributed by atoms with E-state index in [-0.39, 0.29) is 11.6 Å². The Labute approximate surface area is 159 Å². The summed E-state index contributed by atoms with van der Waals surface area (Å²) in [4.78, 5) is 16.9. The Morgan fingerprint density at radius 1 is 1.27 bits per heavy atom. The standard InChI is InChI=1S/C19H26ClN5O/c1-13(11-23(2)3)21-18-17-12-25(15-7-5-14(20)6-8-15)10-9-16(17)19(26)24(4)22-18/h5-8,13H,9-12H2,1-4H3,(H,21,22). The van der Waals surface area contributed by atoms with Gasteiger partial charge in [-0.05, 0) is 51.7 Å². The highest BCUT2D eigenvalue weighted by molar-refractivity contribution is 6.30. The molecule has 0 fully saturated rings. The number of rotatable bonds is 5. The number of halogens is 1. The van der Waals surface area contributed by atoms with E-state index in [1.807, 2.05) is 38.4 Å². The molecular weight excluding hydrogens is 350 g/mol. The maximum atomic E-state index is 12.5. The molecule has 0 radical (unpaired) electrons. The Bertz CT molecular complexity index is 831. The van der Waals surface area contributed by atoms with E-state index in [9.17, 15) is 4.79 Å². The SMILES string of the molecule is CC(CN(C)C)Nc1nn(C)c(=O)c2c1CN(c1ccc(Cl)cc1)CC2. The molecule has 6 nitrogen and oxygen atoms in total. The van der Waals surface area contributed by atoms with E-state index >= 15 is 0 Å². The van der Waals surface area contributed by atoms with Gasteiger partial charge in [0, 0.05) is 54.6 Å². The van der Waals surface area contributed by atoms with E-state index in [0.717, 1.165) is 40.7 Å². The van der Waals surface area contributed by atoms with E-state index in [4.69, 9.17) is 11.6 Å². The molecule has 1 atom stereocenters. The number of aryl methyl sites for hydroxylation is 1. The van der Waals surface area contributed by atoms with Crippen molar-refractivity contribution in [2.24, 2.45) is 7.05 Å². The van der Waals surface area contributed by atoms with E-state index in [2.05, 4.69) is 27.1 Å². The number of anilines is 2. The van der Waals surface area contributed by atoms with Crippen molar-refractivity contribution in [1.29, 1.82) is 0 Å². The van der Waals surface area contributed by atoms with Gasteiger partial charge >= 0.3 is 0 Å². The highest BCUT2D eigenvalue weighted by atomic mass is 35.5. The molecule has 26 heavy (non-hydrogen) atoms. The van der Waals surface area contributed by atoms with Gasteiger partial charge in [0.15, 0.2) is 5.82 Å². The molecule has 0 amide bonds. The van der Waals surface area contributed by atoms with Crippen LogP contribution in [0.1, 0.15) is 18.1 Å². The molecule has 0 saturated heterocycles. The third-order valence-corrected chi connectivity index (χ3v) is 4.90. The van der Waals surface area contributed by atoms with E-state index in [1.54, 1.807) is 7.05 Å². The van der Waals surface area contributed by atoms with Crippen molar-refractivity contribution < 1.29 is 0 Å². The van der Waals surface area contributed by atoms with Crippen LogP contribution in [-0.4, -0.2) is 47.9 Å². The van der Waals surface area contributed by atoms with E-state index in [0.29, 0.717) is 13.0 Å². The van der Waals surface area contributed by atoms with Crippen molar-refractivity contribution in [3.05, 3.63) is 50.8 Å². The van der Waals surface area contributed by atoms with Gasteiger partial charge in [0.1, 0.15) is 0 Å². The third-order valence-electron chi connectivity index (χ3n) is 4.65. The summed E-state index contributed by atoms with van der Waals surface area (Å²) >= 11 is 6.01. The van der Waals surface area contributed by atoms with Crippen LogP contribution in [0.4, 0.5) is 11.5 Å². The molecule has 1 unspecified atom stereocenters. The molecule has 7 heteroatoms. The van der Waals surface area contributed by atoms with Gasteiger partial charge in [0.2, 0.25) is 0 Å². The Morgan fingerprint density at radius 3 is 2.62 bits per heavy atom. The second-order valence-corrected chi connectivity index (χ2v) is 7.63. The van der Waals surface area contributed by atoms with Crippen LogP contribution < -0.4 is 15.8 Å². The number of hydrogen-bond acceptors (Lipinski definition) is 5. The molecule has 1 aliphatic rings. The zero-order valence-electron chi connectivity index (χ0n) is 15.8. The summed E-state index contributed by atoms with van der Waals surface area (Å²) in [6, 6.07) is 8.05. The van der Waals surface area contributed by atoms with Crippen molar-refractivity contribution in [2.75, 3.05) is 37.4 Å². The molecule has 0 saturated carbocycles. The van der Waals surface area contributed by atoms with E-state index in [1.165, 1.54) is 4.68 Å². The number of likely N-dealkylation sites (N-methyl/N-ethyl adjacent to an activating group) is 1. The first-order valence-electron chi connectivity index (χ1n) is 8.86. The number of nitrogens with zero attached hydrogens (tertiary/aromatic N) is 4. The lowest BCUT2D eigenvalue weighted by atomic mass is 10.0. The largest absolute Gasteiger partial charge is 0.367 e. The second kappa shape index (κ2) is 7.68. The zero-order chi connectivity index (χ0) is 18.8. The van der Waals surface area contributed by atoms with Crippen molar-refractivity contribution >= 4 is 23.1 Å². The van der Waals surface area contributed by atoms with Crippen molar-refractivity contribution in [3.63, 3.8) is 0 Å². The number of aromatic nitrogens is 2. The minimum absolute atomic E-state index is 0.00145. The number of hydrogen-bond donors (Lipinski definition) is 1. The number of fused-ring (bicyclic) bond motifs is 1. The highest BCUT2D eigenvalue weighted by Gasteiger charge is 2.24. The van der Waals surface area contributed by atoms with Gasteiger partial charge < -0.3 is 15.1 Å². The normalized spacial score (nSPS) is 15.1. The second-order valence-electron chi connectivity index (χ2n) is 7.19. The zero-order valence-corrected chi connectivity index (χ0v) is 16.5. The van der Waals surface area contributed by atoms with Crippen LogP contribution in [0.5, 0.6) is 0 Å². The summed E-state index contributed by atoms with van der Waals surface area (Å²) in [6.07, 6.45) is 0.712. The first-order valence-corrected chi connectivity index (χ1v) is 9.23. The predicted molar refractivity (Wildman–Crippen MR) is 107 cm³/mol. The molecule has 1 aliphatic heterocycles. The Kier molecular flexibility index (Phi) is 5.53. The van der Waals surface area contributed by atoms with Gasteiger partial charge in [-0.3, -0.25) is 4.79 Å². The molecule has 1 N–H and O–H groups in total. The van der Waals surface area contributed by atoms with Crippen LogP contribution in [-0.2, 0) is 20.0 Å². The Balaban J connectivity index is 1.92. The Morgan fingerprint density at radius 2 is 1.96 bits per heavy atom. The number of nitrogens with one attached hydrogen (secondary N) is 1. The minimum Gasteiger partial charge on any atom is -0.367 e. The molecule has 0 spiro atoms. The fraction of sp³-hybridized carbons (Fsp3) is 0.474. The van der Waals surface area contributed by atoms with Crippen molar-refractivity contribution in [1.82, 2.24) is 14.7 Å². The molecular formula is C19H26ClN5O. The van der Waals surface area contributed by atoms with Crippen LogP contribution in [0, 0.1) is 0 Å². The summed E-state index contributed by atoms with van der Waals surface area (Å²) in [5.41, 5.74) is 2.97. The maximum absolute atomic E-state index is 12.5. The van der Waals surface area contributed by atoms with Crippen LogP contribution in [0.3, 0.4) is 0 Å². The molecule has 0 aliphatic carbocycles. The molecule has 3 rings (SSSR count). The Hall–Kier alpha value is -2.05. The number of benzene rings is 1. The van der Waals surface area contributed by atoms with Crippen LogP contribution in [0.15, 0.2) is 29.1 Å². The molecule has 0 bridgehead atoms. The van der Waals surface area contributed by atoms with Gasteiger partial charge in [-0.2, -0.15) is 5.10 Å². The van der Waals surface area contributed by atoms with Gasteiger partial charge in [-0.15, -0.1) is 0 Å². The first kappa shape index (κ1) is 18.7. The predicted octanol–water partition coefficient (Wildman–Crippen LogP) is 2.36. The molecule has 1 aromatic carbocycles. The summed E-state index contributed by atoms with van der Waals surface area (Å²) in [6.45, 7) is 4.48. The maximum Gasteiger partial charge on any atom is 0.270 e. The molecule has 1 aromatic heterocycles. The average molecular weight is 376 g/mol. The smallest absolute Gasteiger partial charge is 0.270 e. The lowest BCUT2D eigenvalue weighted by Crippen LogP contribution is -2.39. The summed E-state index contributed by atoms with van der Waals surface area (Å²) < 4.78 is 1.45. The highest BCUT2D eigenvalue weighted by Crippen LogP contribution is 2.27. The topological polar surface area (TPSA) is 53.4 Å². The lowest BCUT2D eigenvalue weighted by molar-refractivity contribution is 0.391. The van der Waals surface area contributed by atoms with Gasteiger partial charge in [-0.1, -0.05) is 11.6 Å². The fourth-order valence-electron chi connectivity index (χ4n) is 3.48. The first-order chi connectivity index (χ1) is 12.3. The summed E-state index contributed by atoms with van der Waals surface area (Å²) in [7, 11) is 5.81. The van der Waals surface area contributed by atoms with Crippen molar-refractivity contribution in [3.8, 4) is 0 Å². The lowest BCUT2D eigenvalue weighted by Gasteiger charge is -2.32. The van der Waals surface area contributed by atoms with Crippen molar-refractivity contribution in [2.45, 2.75) is 25.9 Å². The molecule has 2 aromatic rings. The van der Waals surface area contributed by atoms with Gasteiger partial charge in [0.05, 0.1) is 0 Å². The van der Waals surface area contributed by atoms with E-state index < -0.39 is 0 Å². The molecule has 140 valence electrons. The average Bonchev–Trinajstić information content (AvgIpc) is 2.59. The quantitative estimate of drug-likeness (QED) is 0.869. The minimum atomic E-state index is 0.00145. The monoisotopic (exact) mass is 375 g/mol. The van der Waals surface area contributed by atoms with Crippen LogP contribution in [0.25, 0.3) is 0 Å². The van der Waals surface area contributed by atoms with Crippen LogP contribution in [0.2, 0.25) is 5.02 Å². The summed E-state index contributed by atoms with van der Waals surface area (Å²) in [5.74, 6) is 0.801.